The second-order valence-corrected chi connectivity index (χ2v) is 6.87. The number of ketones is 2. The SMILES string of the molecule is O=C1CC(=Nc2ccccc2)C(=O)c2nc(-c3ccccn3)c(-c3ccccn3)nc21. The fourth-order valence-electron chi connectivity index (χ4n) is 3.35. The van der Waals surface area contributed by atoms with Crippen LogP contribution in [0, 0.1) is 0 Å². The molecule has 0 unspecified atom stereocenters. The van der Waals surface area contributed by atoms with Crippen molar-refractivity contribution in [3.05, 3.63) is 90.5 Å². The number of para-hydroxylation sites is 1. The Bertz CT molecular complexity index is 1320. The maximum Gasteiger partial charge on any atom is 0.228 e. The predicted octanol–water partition coefficient (Wildman–Crippen LogP) is 4.14. The molecule has 0 atom stereocenters. The molecule has 148 valence electrons. The summed E-state index contributed by atoms with van der Waals surface area (Å²) in [5.41, 5.74) is 2.65. The van der Waals surface area contributed by atoms with Gasteiger partial charge in [0.2, 0.25) is 5.78 Å². The number of carbonyl (C=O) groups is 2. The first-order valence-electron chi connectivity index (χ1n) is 9.66. The number of fused-ring (bicyclic) bond motifs is 1. The number of hydrogen-bond acceptors (Lipinski definition) is 7. The molecule has 4 aromatic rings. The zero-order valence-corrected chi connectivity index (χ0v) is 16.3. The van der Waals surface area contributed by atoms with Crippen LogP contribution < -0.4 is 0 Å². The molecule has 3 aromatic heterocycles. The van der Waals surface area contributed by atoms with Gasteiger partial charge < -0.3 is 0 Å². The number of pyridine rings is 2. The molecule has 0 radical (unpaired) electrons. The molecule has 1 aromatic carbocycles. The Balaban J connectivity index is 1.70. The topological polar surface area (TPSA) is 98.1 Å². The average molecular weight is 405 g/mol. The van der Waals surface area contributed by atoms with Crippen LogP contribution in [0.2, 0.25) is 0 Å². The van der Waals surface area contributed by atoms with E-state index in [1.54, 1.807) is 48.8 Å². The van der Waals surface area contributed by atoms with Crippen LogP contribution >= 0.6 is 0 Å². The summed E-state index contributed by atoms with van der Waals surface area (Å²) in [5.74, 6) is -0.711. The quantitative estimate of drug-likeness (QED) is 0.508. The van der Waals surface area contributed by atoms with Crippen molar-refractivity contribution in [2.24, 2.45) is 4.99 Å². The molecule has 0 aliphatic heterocycles. The monoisotopic (exact) mass is 405 g/mol. The summed E-state index contributed by atoms with van der Waals surface area (Å²) in [4.78, 5) is 48.3. The fourth-order valence-corrected chi connectivity index (χ4v) is 3.35. The van der Waals surface area contributed by atoms with Crippen molar-refractivity contribution in [2.75, 3.05) is 0 Å². The van der Waals surface area contributed by atoms with E-state index in [4.69, 9.17) is 0 Å². The minimum absolute atomic E-state index is 0.00809. The van der Waals surface area contributed by atoms with Crippen LogP contribution in [0.15, 0.2) is 84.1 Å². The van der Waals surface area contributed by atoms with E-state index in [0.717, 1.165) is 0 Å². The number of aromatic nitrogens is 4. The first-order valence-corrected chi connectivity index (χ1v) is 9.66. The number of Topliss-reactive ketones (excluding diaryl/α,β-unsaturated/α-hetero) is 2. The lowest BCUT2D eigenvalue weighted by Gasteiger charge is -2.17. The smallest absolute Gasteiger partial charge is 0.228 e. The molecule has 1 aliphatic carbocycles. The third kappa shape index (κ3) is 3.53. The normalized spacial score (nSPS) is 14.5. The Morgan fingerprint density at radius 2 is 1.23 bits per heavy atom. The Hall–Kier alpha value is -4.39. The van der Waals surface area contributed by atoms with Crippen molar-refractivity contribution in [3.8, 4) is 22.8 Å². The van der Waals surface area contributed by atoms with Gasteiger partial charge in [0.05, 0.1) is 29.2 Å². The van der Waals surface area contributed by atoms with Crippen LogP contribution in [0.1, 0.15) is 27.4 Å². The molecule has 31 heavy (non-hydrogen) atoms. The number of aliphatic imine (C=N–C) groups is 1. The second kappa shape index (κ2) is 7.79. The van der Waals surface area contributed by atoms with E-state index in [1.165, 1.54) is 0 Å². The number of carbonyl (C=O) groups excluding carboxylic acids is 2. The third-order valence-electron chi connectivity index (χ3n) is 4.80. The van der Waals surface area contributed by atoms with Gasteiger partial charge in [-0.05, 0) is 36.4 Å². The second-order valence-electron chi connectivity index (χ2n) is 6.87. The van der Waals surface area contributed by atoms with Gasteiger partial charge in [0.15, 0.2) is 5.78 Å². The van der Waals surface area contributed by atoms with E-state index in [-0.39, 0.29) is 29.3 Å². The van der Waals surface area contributed by atoms with Gasteiger partial charge in [0, 0.05) is 12.4 Å². The van der Waals surface area contributed by atoms with E-state index < -0.39 is 5.78 Å². The highest BCUT2D eigenvalue weighted by Gasteiger charge is 2.34. The van der Waals surface area contributed by atoms with Crippen LogP contribution in [0.5, 0.6) is 0 Å². The van der Waals surface area contributed by atoms with Crippen LogP contribution in [0.3, 0.4) is 0 Å². The summed E-state index contributed by atoms with van der Waals surface area (Å²) < 4.78 is 0. The molecular formula is C24H15N5O2. The molecule has 5 rings (SSSR count). The molecular weight excluding hydrogens is 390 g/mol. The molecule has 0 bridgehead atoms. The third-order valence-corrected chi connectivity index (χ3v) is 4.80. The number of hydrogen-bond donors (Lipinski definition) is 0. The van der Waals surface area contributed by atoms with Crippen molar-refractivity contribution in [1.82, 2.24) is 19.9 Å². The lowest BCUT2D eigenvalue weighted by molar-refractivity contribution is 0.0957. The molecule has 7 heteroatoms. The highest BCUT2D eigenvalue weighted by Crippen LogP contribution is 2.30. The maximum atomic E-state index is 13.2. The first-order chi connectivity index (χ1) is 15.2. The summed E-state index contributed by atoms with van der Waals surface area (Å²) in [6, 6.07) is 19.8. The van der Waals surface area contributed by atoms with Crippen molar-refractivity contribution < 1.29 is 9.59 Å². The van der Waals surface area contributed by atoms with Crippen molar-refractivity contribution in [2.45, 2.75) is 6.42 Å². The predicted molar refractivity (Wildman–Crippen MR) is 115 cm³/mol. The summed E-state index contributed by atoms with van der Waals surface area (Å²) >= 11 is 0. The van der Waals surface area contributed by atoms with Crippen molar-refractivity contribution >= 4 is 23.0 Å². The van der Waals surface area contributed by atoms with Gasteiger partial charge in [0.25, 0.3) is 0 Å². The van der Waals surface area contributed by atoms with Gasteiger partial charge in [-0.3, -0.25) is 19.6 Å². The Kier molecular flexibility index (Phi) is 4.68. The highest BCUT2D eigenvalue weighted by molar-refractivity contribution is 6.52. The molecule has 0 amide bonds. The van der Waals surface area contributed by atoms with Gasteiger partial charge in [0.1, 0.15) is 22.8 Å². The zero-order valence-electron chi connectivity index (χ0n) is 16.3. The average Bonchev–Trinajstić information content (AvgIpc) is 2.83. The van der Waals surface area contributed by atoms with Crippen LogP contribution in [0.25, 0.3) is 22.8 Å². The molecule has 1 aliphatic rings. The van der Waals surface area contributed by atoms with Gasteiger partial charge >= 0.3 is 0 Å². The molecule has 0 fully saturated rings. The first kappa shape index (κ1) is 18.6. The largest absolute Gasteiger partial charge is 0.292 e. The van der Waals surface area contributed by atoms with E-state index in [9.17, 15) is 9.59 Å². The maximum absolute atomic E-state index is 13.2. The Morgan fingerprint density at radius 3 is 1.81 bits per heavy atom. The summed E-state index contributed by atoms with van der Waals surface area (Å²) in [5, 5.41) is 0. The van der Waals surface area contributed by atoms with E-state index in [2.05, 4.69) is 24.9 Å². The van der Waals surface area contributed by atoms with Gasteiger partial charge in [-0.25, -0.2) is 15.0 Å². The Labute approximate surface area is 177 Å². The van der Waals surface area contributed by atoms with E-state index in [1.807, 2.05) is 30.3 Å². The molecule has 0 saturated carbocycles. The van der Waals surface area contributed by atoms with E-state index >= 15 is 0 Å². The lowest BCUT2D eigenvalue weighted by atomic mass is 9.94. The van der Waals surface area contributed by atoms with Gasteiger partial charge in [-0.2, -0.15) is 0 Å². The zero-order chi connectivity index (χ0) is 21.2. The standard InChI is InChI=1S/C24H15N5O2/c30-19-14-18(27-15-8-2-1-3-9-15)24(31)23-22(19)28-20(16-10-4-6-12-25-16)21(29-23)17-11-5-7-13-26-17/h1-13H,14H2. The molecule has 0 N–H and O–H groups in total. The fraction of sp³-hybridized carbons (Fsp3) is 0.0417. The molecule has 7 nitrogen and oxygen atoms in total. The lowest BCUT2D eigenvalue weighted by Crippen LogP contribution is -2.30. The van der Waals surface area contributed by atoms with Crippen LogP contribution in [-0.4, -0.2) is 37.2 Å². The summed E-state index contributed by atoms with van der Waals surface area (Å²) in [7, 11) is 0. The minimum atomic E-state index is -0.407. The Morgan fingerprint density at radius 1 is 0.645 bits per heavy atom. The minimum Gasteiger partial charge on any atom is -0.292 e. The van der Waals surface area contributed by atoms with Crippen molar-refractivity contribution in [3.63, 3.8) is 0 Å². The molecule has 0 spiro atoms. The highest BCUT2D eigenvalue weighted by atomic mass is 16.1. The van der Waals surface area contributed by atoms with E-state index in [0.29, 0.717) is 28.5 Å². The van der Waals surface area contributed by atoms with Crippen LogP contribution in [0.4, 0.5) is 5.69 Å². The van der Waals surface area contributed by atoms with Crippen molar-refractivity contribution in [1.29, 1.82) is 0 Å². The molecule has 3 heterocycles. The number of nitrogens with zero attached hydrogens (tertiary/aromatic N) is 5. The summed E-state index contributed by atoms with van der Waals surface area (Å²) in [6.07, 6.45) is 3.14. The molecule has 0 saturated heterocycles. The van der Waals surface area contributed by atoms with Gasteiger partial charge in [-0.15, -0.1) is 0 Å². The summed E-state index contributed by atoms with van der Waals surface area (Å²) in [6.45, 7) is 0. The number of rotatable bonds is 3. The number of benzene rings is 1. The van der Waals surface area contributed by atoms with Gasteiger partial charge in [-0.1, -0.05) is 30.3 Å². The van der Waals surface area contributed by atoms with Crippen LogP contribution in [-0.2, 0) is 0 Å².